The lowest BCUT2D eigenvalue weighted by Crippen LogP contribution is -2.02. The van der Waals surface area contributed by atoms with Gasteiger partial charge in [0.1, 0.15) is 11.3 Å². The Labute approximate surface area is 135 Å². The van der Waals surface area contributed by atoms with Crippen molar-refractivity contribution in [1.82, 2.24) is 5.16 Å². The van der Waals surface area contributed by atoms with Gasteiger partial charge in [0.15, 0.2) is 5.76 Å². The Kier molecular flexibility index (Phi) is 3.24. The summed E-state index contributed by atoms with van der Waals surface area (Å²) in [4.78, 5) is 12.2. The van der Waals surface area contributed by atoms with Crippen LogP contribution in [-0.2, 0) is 0 Å². The quantitative estimate of drug-likeness (QED) is 0.499. The van der Waals surface area contributed by atoms with Gasteiger partial charge in [-0.25, -0.2) is 4.79 Å². The topological polar surface area (TPSA) is 56.2 Å². The molecule has 0 spiro atoms. The maximum absolute atomic E-state index is 12.2. The third-order valence-electron chi connectivity index (χ3n) is 3.56. The zero-order valence-corrected chi connectivity index (χ0v) is 12.6. The molecule has 0 atom stereocenters. The summed E-state index contributed by atoms with van der Waals surface area (Å²) in [6.45, 7) is 0. The minimum atomic E-state index is -0.445. The first-order chi connectivity index (χ1) is 11.2. The fraction of sp³-hybridized carbons (Fsp3) is 0. The summed E-state index contributed by atoms with van der Waals surface area (Å²) in [7, 11) is 0. The molecular weight excluding hydrogens is 314 g/mol. The third kappa shape index (κ3) is 2.53. The Hall–Kier alpha value is -2.85. The number of halogens is 1. The first-order valence-corrected chi connectivity index (χ1v) is 7.34. The van der Waals surface area contributed by atoms with Crippen LogP contribution in [-0.4, -0.2) is 5.16 Å². The zero-order valence-electron chi connectivity index (χ0n) is 11.8. The number of hydrogen-bond acceptors (Lipinski definition) is 4. The van der Waals surface area contributed by atoms with E-state index in [2.05, 4.69) is 5.16 Å². The van der Waals surface area contributed by atoms with Gasteiger partial charge in [-0.1, -0.05) is 35.0 Å². The molecule has 112 valence electrons. The van der Waals surface area contributed by atoms with Gasteiger partial charge in [-0.05, 0) is 36.4 Å². The summed E-state index contributed by atoms with van der Waals surface area (Å²) in [5.41, 5.74) is 1.74. The van der Waals surface area contributed by atoms with Crippen LogP contribution in [0.1, 0.15) is 0 Å². The smallest absolute Gasteiger partial charge is 0.345 e. The standard InChI is InChI=1S/C18H10ClNO3/c19-13-7-5-11(6-8-13)17-10-15(20-23-17)14-9-12-3-1-2-4-16(12)22-18(14)21/h1-10H. The molecule has 5 heteroatoms. The highest BCUT2D eigenvalue weighted by Gasteiger charge is 2.13. The Balaban J connectivity index is 1.81. The maximum Gasteiger partial charge on any atom is 0.345 e. The monoisotopic (exact) mass is 323 g/mol. The van der Waals surface area contributed by atoms with Crippen LogP contribution in [0.4, 0.5) is 0 Å². The second-order valence-electron chi connectivity index (χ2n) is 5.07. The van der Waals surface area contributed by atoms with E-state index in [1.165, 1.54) is 0 Å². The Morgan fingerprint density at radius 3 is 2.57 bits per heavy atom. The fourth-order valence-electron chi connectivity index (χ4n) is 2.39. The summed E-state index contributed by atoms with van der Waals surface area (Å²) in [5, 5.41) is 5.46. The predicted molar refractivity (Wildman–Crippen MR) is 88.4 cm³/mol. The van der Waals surface area contributed by atoms with Gasteiger partial charge >= 0.3 is 5.63 Å². The summed E-state index contributed by atoms with van der Waals surface area (Å²) in [6.07, 6.45) is 0. The van der Waals surface area contributed by atoms with Crippen molar-refractivity contribution in [2.24, 2.45) is 0 Å². The van der Waals surface area contributed by atoms with E-state index in [9.17, 15) is 4.79 Å². The van der Waals surface area contributed by atoms with Crippen molar-refractivity contribution in [2.45, 2.75) is 0 Å². The molecule has 0 fully saturated rings. The van der Waals surface area contributed by atoms with E-state index in [0.717, 1.165) is 10.9 Å². The molecule has 0 aliphatic carbocycles. The normalized spacial score (nSPS) is 11.0. The molecule has 0 saturated heterocycles. The van der Waals surface area contributed by atoms with E-state index in [1.807, 2.05) is 30.3 Å². The third-order valence-corrected chi connectivity index (χ3v) is 3.81. The van der Waals surface area contributed by atoms with Crippen LogP contribution in [0.25, 0.3) is 33.6 Å². The second-order valence-corrected chi connectivity index (χ2v) is 5.51. The Bertz CT molecular complexity index is 1050. The number of rotatable bonds is 2. The lowest BCUT2D eigenvalue weighted by Gasteiger charge is -1.98. The number of fused-ring (bicyclic) bond motifs is 1. The molecule has 2 aromatic heterocycles. The van der Waals surface area contributed by atoms with E-state index in [4.69, 9.17) is 20.5 Å². The highest BCUT2D eigenvalue weighted by atomic mass is 35.5. The van der Waals surface area contributed by atoms with Crippen molar-refractivity contribution < 1.29 is 8.94 Å². The zero-order chi connectivity index (χ0) is 15.8. The average Bonchev–Trinajstić information content (AvgIpc) is 3.04. The van der Waals surface area contributed by atoms with Crippen LogP contribution in [0.15, 0.2) is 74.4 Å². The second kappa shape index (κ2) is 5.41. The van der Waals surface area contributed by atoms with Gasteiger partial charge in [0.25, 0.3) is 0 Å². The van der Waals surface area contributed by atoms with E-state index in [1.54, 1.807) is 30.3 Å². The molecule has 0 amide bonds. The number of para-hydroxylation sites is 1. The summed E-state index contributed by atoms with van der Waals surface area (Å²) in [5.74, 6) is 0.559. The van der Waals surface area contributed by atoms with Gasteiger partial charge in [0.05, 0.1) is 5.56 Å². The van der Waals surface area contributed by atoms with Crippen LogP contribution in [0, 0.1) is 0 Å². The molecule has 0 aliphatic heterocycles. The molecule has 23 heavy (non-hydrogen) atoms. The molecule has 4 rings (SSSR count). The molecule has 0 bridgehead atoms. The molecule has 0 radical (unpaired) electrons. The van der Waals surface area contributed by atoms with Crippen LogP contribution in [0.3, 0.4) is 0 Å². The molecule has 2 heterocycles. The average molecular weight is 324 g/mol. The molecular formula is C18H10ClNO3. The fourth-order valence-corrected chi connectivity index (χ4v) is 2.52. The van der Waals surface area contributed by atoms with Crippen LogP contribution >= 0.6 is 11.6 Å². The molecule has 0 N–H and O–H groups in total. The minimum Gasteiger partial charge on any atom is -0.422 e. The van der Waals surface area contributed by atoms with Gasteiger partial charge in [-0.2, -0.15) is 0 Å². The first-order valence-electron chi connectivity index (χ1n) is 6.97. The van der Waals surface area contributed by atoms with Gasteiger partial charge in [0, 0.05) is 22.0 Å². The van der Waals surface area contributed by atoms with Crippen LogP contribution < -0.4 is 5.63 Å². The Morgan fingerprint density at radius 2 is 1.74 bits per heavy atom. The lowest BCUT2D eigenvalue weighted by molar-refractivity contribution is 0.434. The van der Waals surface area contributed by atoms with E-state index in [0.29, 0.717) is 27.6 Å². The summed E-state index contributed by atoms with van der Waals surface area (Å²) >= 11 is 5.88. The van der Waals surface area contributed by atoms with Gasteiger partial charge in [-0.15, -0.1) is 0 Å². The van der Waals surface area contributed by atoms with E-state index < -0.39 is 5.63 Å². The molecule has 4 nitrogen and oxygen atoms in total. The van der Waals surface area contributed by atoms with E-state index in [-0.39, 0.29) is 0 Å². The highest BCUT2D eigenvalue weighted by Crippen LogP contribution is 2.27. The predicted octanol–water partition coefficient (Wildman–Crippen LogP) is 4.77. The number of hydrogen-bond donors (Lipinski definition) is 0. The van der Waals surface area contributed by atoms with Crippen LogP contribution in [0.5, 0.6) is 0 Å². The maximum atomic E-state index is 12.2. The van der Waals surface area contributed by atoms with Crippen LogP contribution in [0.2, 0.25) is 5.02 Å². The van der Waals surface area contributed by atoms with Crippen molar-refractivity contribution in [1.29, 1.82) is 0 Å². The minimum absolute atomic E-state index is 0.368. The molecule has 0 saturated carbocycles. The molecule has 2 aromatic carbocycles. The first kappa shape index (κ1) is 13.8. The van der Waals surface area contributed by atoms with Crippen molar-refractivity contribution in [3.63, 3.8) is 0 Å². The van der Waals surface area contributed by atoms with Crippen molar-refractivity contribution in [3.05, 3.63) is 76.1 Å². The SMILES string of the molecule is O=c1oc2ccccc2cc1-c1cc(-c2ccc(Cl)cc2)on1. The summed E-state index contributed by atoms with van der Waals surface area (Å²) in [6, 6.07) is 18.0. The summed E-state index contributed by atoms with van der Waals surface area (Å²) < 4.78 is 10.7. The van der Waals surface area contributed by atoms with Gasteiger partial charge in [-0.3, -0.25) is 0 Å². The number of nitrogens with zero attached hydrogens (tertiary/aromatic N) is 1. The number of aromatic nitrogens is 1. The van der Waals surface area contributed by atoms with E-state index >= 15 is 0 Å². The van der Waals surface area contributed by atoms with Gasteiger partial charge in [0.2, 0.25) is 0 Å². The lowest BCUT2D eigenvalue weighted by atomic mass is 10.1. The van der Waals surface area contributed by atoms with Crippen molar-refractivity contribution in [3.8, 4) is 22.6 Å². The highest BCUT2D eigenvalue weighted by molar-refractivity contribution is 6.30. The van der Waals surface area contributed by atoms with Crippen molar-refractivity contribution >= 4 is 22.6 Å². The largest absolute Gasteiger partial charge is 0.422 e. The molecule has 0 unspecified atom stereocenters. The Morgan fingerprint density at radius 1 is 0.957 bits per heavy atom. The number of benzene rings is 2. The van der Waals surface area contributed by atoms with Crippen molar-refractivity contribution in [2.75, 3.05) is 0 Å². The molecule has 4 aromatic rings. The molecule has 0 aliphatic rings. The van der Waals surface area contributed by atoms with Gasteiger partial charge < -0.3 is 8.94 Å².